The number of nitrogens with zero attached hydrogens (tertiary/aromatic N) is 6. The Labute approximate surface area is 221 Å². The molecule has 2 aromatic heterocycles. The van der Waals surface area contributed by atoms with Gasteiger partial charge in [0.1, 0.15) is 22.7 Å². The van der Waals surface area contributed by atoms with Crippen molar-refractivity contribution in [2.24, 2.45) is 5.11 Å². The number of azide groups is 1. The minimum atomic E-state index is -1.00. The molecule has 0 bridgehead atoms. The molecular weight excluding hydrogens is 493 g/mol. The Kier molecular flexibility index (Phi) is 14.5. The van der Waals surface area contributed by atoms with Gasteiger partial charge in [0.15, 0.2) is 0 Å². The van der Waals surface area contributed by atoms with E-state index in [1.807, 2.05) is 24.3 Å². The summed E-state index contributed by atoms with van der Waals surface area (Å²) in [6, 6.07) is 14.6. The molecule has 2 heterocycles. The van der Waals surface area contributed by atoms with Gasteiger partial charge in [-0.15, -0.1) is 11.6 Å². The third-order valence-electron chi connectivity index (χ3n) is 3.48. The van der Waals surface area contributed by atoms with Crippen molar-refractivity contribution in [1.82, 2.24) is 0 Å². The summed E-state index contributed by atoms with van der Waals surface area (Å²) in [4.78, 5) is 4.16. The van der Waals surface area contributed by atoms with Gasteiger partial charge in [0, 0.05) is 25.7 Å². The minimum Gasteiger partial charge on any atom is -0.461 e. The first-order valence-electron chi connectivity index (χ1n) is 8.89. The normalized spacial score (nSPS) is 9.31. The second-order valence-electron chi connectivity index (χ2n) is 5.40. The molecule has 162 valence electrons. The molecule has 8 nitrogen and oxygen atoms in total. The maximum Gasteiger partial charge on any atom is 1.00 e. The number of alkyl halides is 2. The van der Waals surface area contributed by atoms with Crippen molar-refractivity contribution in [1.29, 1.82) is 0 Å². The van der Waals surface area contributed by atoms with Crippen LogP contribution in [-0.2, 0) is 12.4 Å². The summed E-state index contributed by atoms with van der Waals surface area (Å²) in [7, 11) is -1.00. The summed E-state index contributed by atoms with van der Waals surface area (Å²) in [6.45, 7) is 0.225. The van der Waals surface area contributed by atoms with Crippen molar-refractivity contribution in [3.05, 3.63) is 96.5 Å². The molecule has 4 rings (SSSR count). The predicted molar refractivity (Wildman–Crippen MR) is 122 cm³/mol. The van der Waals surface area contributed by atoms with Crippen LogP contribution in [0.15, 0.2) is 62.5 Å². The Hall–Kier alpha value is -2.06. The number of halogens is 4. The molecule has 0 aliphatic heterocycles. The molecule has 0 unspecified atom stereocenters. The first kappa shape index (κ1) is 28.0. The Morgan fingerprint density at radius 3 is 1.81 bits per heavy atom. The van der Waals surface area contributed by atoms with E-state index in [0.29, 0.717) is 21.7 Å². The van der Waals surface area contributed by atoms with Crippen LogP contribution in [0.4, 0.5) is 4.39 Å². The van der Waals surface area contributed by atoms with Crippen LogP contribution in [0.2, 0.25) is 10.0 Å². The average Bonchev–Trinajstić information content (AvgIpc) is 3.36. The van der Waals surface area contributed by atoms with E-state index in [0.717, 1.165) is 27.7 Å². The van der Waals surface area contributed by atoms with Gasteiger partial charge in [0.25, 0.3) is 0 Å². The monoisotopic (exact) mass is 507 g/mol. The Morgan fingerprint density at radius 2 is 1.38 bits per heavy atom. The van der Waals surface area contributed by atoms with E-state index >= 15 is 0 Å². The summed E-state index contributed by atoms with van der Waals surface area (Å²) in [5.41, 5.74) is 23.2. The third-order valence-corrected chi connectivity index (χ3v) is 4.21. The number of hydrogen-bond acceptors (Lipinski definition) is 3. The van der Waals surface area contributed by atoms with E-state index in [1.54, 1.807) is 24.3 Å². The SMILES string of the molecule is ClCc1cc2cc(Cl)ccc2o1.[2H]CF.[N-]=[N+]=NCc1cc2cc(Cl)ccc2o1.[N-]=[N+]=[N-].[Na+]. The second kappa shape index (κ2) is 16.6. The Bertz CT molecular complexity index is 1230. The first-order chi connectivity index (χ1) is 15.4. The van der Waals surface area contributed by atoms with Crippen molar-refractivity contribution in [2.75, 3.05) is 7.15 Å². The fraction of sp³-hybridized carbons (Fsp3) is 0.158. The van der Waals surface area contributed by atoms with Gasteiger partial charge in [-0.2, -0.15) is 0 Å². The molecule has 0 saturated carbocycles. The molecular formula is C19H15Cl3FN6NaO2. The fourth-order valence-electron chi connectivity index (χ4n) is 2.38. The van der Waals surface area contributed by atoms with Crippen molar-refractivity contribution in [2.45, 2.75) is 12.4 Å². The van der Waals surface area contributed by atoms with Gasteiger partial charge in [0.05, 0.1) is 20.9 Å². The van der Waals surface area contributed by atoms with Gasteiger partial charge in [-0.3, -0.25) is 9.30 Å². The Balaban J connectivity index is 0.000000493. The summed E-state index contributed by atoms with van der Waals surface area (Å²) in [5.74, 6) is 1.81. The number of fused-ring (bicyclic) bond motifs is 2. The molecule has 0 amide bonds. The molecule has 0 aliphatic rings. The topological polar surface area (TPSA) is 134 Å². The molecule has 0 aliphatic carbocycles. The molecule has 0 N–H and O–H groups in total. The zero-order valence-electron chi connectivity index (χ0n) is 17.8. The van der Waals surface area contributed by atoms with Crippen molar-refractivity contribution >= 4 is 56.7 Å². The van der Waals surface area contributed by atoms with Crippen LogP contribution in [0.25, 0.3) is 48.4 Å². The molecule has 0 atom stereocenters. The average molecular weight is 509 g/mol. The smallest absolute Gasteiger partial charge is 0.461 e. The summed E-state index contributed by atoms with van der Waals surface area (Å²) >= 11 is 17.2. The number of rotatable bonds is 3. The van der Waals surface area contributed by atoms with Crippen molar-refractivity contribution < 1.29 is 44.2 Å². The van der Waals surface area contributed by atoms with Gasteiger partial charge in [-0.1, -0.05) is 28.3 Å². The summed E-state index contributed by atoms with van der Waals surface area (Å²) < 4.78 is 26.3. The van der Waals surface area contributed by atoms with Crippen LogP contribution >= 0.6 is 34.8 Å². The Morgan fingerprint density at radius 1 is 0.938 bits per heavy atom. The van der Waals surface area contributed by atoms with E-state index in [2.05, 4.69) is 10.0 Å². The molecule has 0 radical (unpaired) electrons. The van der Waals surface area contributed by atoms with Crippen molar-refractivity contribution in [3.63, 3.8) is 0 Å². The van der Waals surface area contributed by atoms with E-state index < -0.39 is 7.15 Å². The van der Waals surface area contributed by atoms with E-state index in [-0.39, 0.29) is 36.1 Å². The standard InChI is InChI=1S/C9H6Cl2O.C9H6ClN3O.CH3F.N3.Na/c10-5-8-4-6-3-7(11)1-2-9(6)12-8;10-7-1-2-9-6(3-7)4-8(14-9)5-12-13-11;1-2;1-3-2;/h1-4H,5H2;1-4H,5H2;1H3;;/q;;;-1;+1/i;;1D;;. The molecule has 32 heavy (non-hydrogen) atoms. The largest absolute Gasteiger partial charge is 1.00 e. The van der Waals surface area contributed by atoms with Crippen LogP contribution < -0.4 is 29.6 Å². The van der Waals surface area contributed by atoms with E-state index in [1.165, 1.54) is 4.91 Å². The minimum absolute atomic E-state index is 0. The van der Waals surface area contributed by atoms with Crippen LogP contribution in [0, 0.1) is 0 Å². The van der Waals surface area contributed by atoms with E-state index in [9.17, 15) is 4.39 Å². The molecule has 0 spiro atoms. The number of furan rings is 2. The van der Waals surface area contributed by atoms with Gasteiger partial charge >= 0.3 is 29.6 Å². The van der Waals surface area contributed by atoms with Crippen molar-refractivity contribution in [3.8, 4) is 0 Å². The molecule has 0 fully saturated rings. The quantitative estimate of drug-likeness (QED) is 0.107. The van der Waals surface area contributed by atoms with Crippen LogP contribution in [0.5, 0.6) is 0 Å². The fourth-order valence-corrected chi connectivity index (χ4v) is 2.88. The molecule has 2 aromatic carbocycles. The molecule has 13 heteroatoms. The van der Waals surface area contributed by atoms with Gasteiger partial charge in [-0.05, 0) is 54.1 Å². The number of benzene rings is 2. The third kappa shape index (κ3) is 9.61. The van der Waals surface area contributed by atoms with Gasteiger partial charge in [-0.25, -0.2) is 0 Å². The summed E-state index contributed by atoms with van der Waals surface area (Å²) in [6.07, 6.45) is 0. The summed E-state index contributed by atoms with van der Waals surface area (Å²) in [5, 5.41) is 6.70. The van der Waals surface area contributed by atoms with Crippen LogP contribution in [0.1, 0.15) is 12.9 Å². The second-order valence-corrected chi connectivity index (χ2v) is 6.54. The predicted octanol–water partition coefficient (Wildman–Crippen LogP) is 6.18. The zero-order valence-corrected chi connectivity index (χ0v) is 21.0. The number of hydrogen-bond donors (Lipinski definition) is 0. The molecule has 4 aromatic rings. The van der Waals surface area contributed by atoms with Gasteiger partial charge < -0.3 is 19.9 Å². The van der Waals surface area contributed by atoms with Gasteiger partial charge in [0.2, 0.25) is 0 Å². The first-order valence-corrected chi connectivity index (χ1v) is 9.47. The maximum atomic E-state index is 9.96. The zero-order chi connectivity index (χ0) is 23.9. The van der Waals surface area contributed by atoms with Crippen LogP contribution in [0.3, 0.4) is 0 Å². The maximum absolute atomic E-state index is 9.96. The van der Waals surface area contributed by atoms with E-state index in [4.69, 9.17) is 61.6 Å². The van der Waals surface area contributed by atoms with Crippen LogP contribution in [-0.4, -0.2) is 7.15 Å². The molecule has 0 saturated heterocycles.